The molecule has 0 aromatic carbocycles. The Bertz CT molecular complexity index is 194. The van der Waals surface area contributed by atoms with Gasteiger partial charge in [0.15, 0.2) is 0 Å². The summed E-state index contributed by atoms with van der Waals surface area (Å²) in [6.07, 6.45) is 9.26. The van der Waals surface area contributed by atoms with Crippen LogP contribution in [0, 0.1) is 5.92 Å². The zero-order valence-electron chi connectivity index (χ0n) is 10.6. The number of hydrogen-bond acceptors (Lipinski definition) is 3. The third-order valence-electron chi connectivity index (χ3n) is 3.78. The van der Waals surface area contributed by atoms with Crippen molar-refractivity contribution in [2.24, 2.45) is 5.92 Å². The summed E-state index contributed by atoms with van der Waals surface area (Å²) >= 11 is 1.98. The molecule has 2 rings (SSSR count). The van der Waals surface area contributed by atoms with Crippen LogP contribution in [0.1, 0.15) is 32.1 Å². The van der Waals surface area contributed by atoms with Gasteiger partial charge in [0.1, 0.15) is 0 Å². The highest BCUT2D eigenvalue weighted by Gasteiger charge is 2.32. The average molecular weight is 242 g/mol. The van der Waals surface area contributed by atoms with Crippen LogP contribution in [0.25, 0.3) is 0 Å². The first kappa shape index (κ1) is 12.7. The molecule has 1 heterocycles. The Kier molecular flexibility index (Phi) is 5.46. The zero-order valence-corrected chi connectivity index (χ0v) is 11.4. The number of nitrogens with one attached hydrogen (secondary N) is 1. The zero-order chi connectivity index (χ0) is 11.2. The van der Waals surface area contributed by atoms with Gasteiger partial charge in [-0.3, -0.25) is 0 Å². The maximum atomic E-state index is 3.73. The molecule has 1 saturated carbocycles. The smallest absolute Gasteiger partial charge is 0.0223 e. The van der Waals surface area contributed by atoms with E-state index in [1.165, 1.54) is 64.0 Å². The van der Waals surface area contributed by atoms with Gasteiger partial charge in [-0.25, -0.2) is 0 Å². The summed E-state index contributed by atoms with van der Waals surface area (Å²) in [5.74, 6) is 2.34. The molecule has 0 bridgehead atoms. The summed E-state index contributed by atoms with van der Waals surface area (Å²) in [6, 6.07) is 0.808. The fourth-order valence-corrected chi connectivity index (χ4v) is 3.12. The summed E-state index contributed by atoms with van der Waals surface area (Å²) < 4.78 is 0. The average Bonchev–Trinajstić information content (AvgIpc) is 3.10. The minimum Gasteiger partial charge on any atom is -0.312 e. The van der Waals surface area contributed by atoms with Gasteiger partial charge < -0.3 is 10.2 Å². The van der Waals surface area contributed by atoms with E-state index in [0.29, 0.717) is 0 Å². The van der Waals surface area contributed by atoms with Gasteiger partial charge in [-0.05, 0) is 69.7 Å². The lowest BCUT2D eigenvalue weighted by atomic mass is 10.1. The van der Waals surface area contributed by atoms with Crippen LogP contribution in [-0.2, 0) is 0 Å². The quantitative estimate of drug-likeness (QED) is 0.719. The van der Waals surface area contributed by atoms with Crippen molar-refractivity contribution in [3.05, 3.63) is 0 Å². The Balaban J connectivity index is 1.66. The minimum atomic E-state index is 0.808. The molecule has 1 aliphatic heterocycles. The van der Waals surface area contributed by atoms with Gasteiger partial charge in [0, 0.05) is 12.6 Å². The van der Waals surface area contributed by atoms with Crippen LogP contribution in [0.2, 0.25) is 0 Å². The topological polar surface area (TPSA) is 15.3 Å². The van der Waals surface area contributed by atoms with Gasteiger partial charge in [-0.15, -0.1) is 0 Å². The lowest BCUT2D eigenvalue weighted by Crippen LogP contribution is -2.39. The second-order valence-electron chi connectivity index (χ2n) is 5.25. The van der Waals surface area contributed by atoms with Crippen molar-refractivity contribution in [1.29, 1.82) is 0 Å². The Morgan fingerprint density at radius 2 is 2.19 bits per heavy atom. The molecule has 0 amide bonds. The second-order valence-corrected chi connectivity index (χ2v) is 6.24. The van der Waals surface area contributed by atoms with Crippen molar-refractivity contribution in [3.8, 4) is 0 Å². The van der Waals surface area contributed by atoms with Crippen LogP contribution in [0.4, 0.5) is 0 Å². The monoisotopic (exact) mass is 242 g/mol. The summed E-state index contributed by atoms with van der Waals surface area (Å²) in [4.78, 5) is 2.70. The number of hydrogen-bond donors (Lipinski definition) is 1. The van der Waals surface area contributed by atoms with Crippen LogP contribution in [-0.4, -0.2) is 49.1 Å². The molecule has 2 aliphatic rings. The first-order valence-electron chi connectivity index (χ1n) is 6.85. The third-order valence-corrected chi connectivity index (χ3v) is 4.47. The van der Waals surface area contributed by atoms with E-state index in [0.717, 1.165) is 12.0 Å². The molecule has 1 unspecified atom stereocenters. The van der Waals surface area contributed by atoms with E-state index < -0.39 is 0 Å². The van der Waals surface area contributed by atoms with Gasteiger partial charge in [-0.2, -0.15) is 11.8 Å². The molecule has 0 radical (unpaired) electrons. The molecule has 1 saturated heterocycles. The SMILES string of the molecule is CSCCCCN1CCCNC(C2CC2)C1. The number of rotatable bonds is 6. The fraction of sp³-hybridized carbons (Fsp3) is 1.00. The number of nitrogens with zero attached hydrogens (tertiary/aromatic N) is 1. The molecule has 0 aromatic rings. The Labute approximate surface area is 105 Å². The molecule has 1 atom stereocenters. The van der Waals surface area contributed by atoms with E-state index in [9.17, 15) is 0 Å². The highest BCUT2D eigenvalue weighted by molar-refractivity contribution is 7.98. The largest absolute Gasteiger partial charge is 0.312 e. The van der Waals surface area contributed by atoms with Crippen LogP contribution in [0.3, 0.4) is 0 Å². The number of unbranched alkanes of at least 4 members (excludes halogenated alkanes) is 1. The summed E-state index contributed by atoms with van der Waals surface area (Å²) in [5, 5.41) is 3.73. The third kappa shape index (κ3) is 4.27. The summed E-state index contributed by atoms with van der Waals surface area (Å²) in [7, 11) is 0. The van der Waals surface area contributed by atoms with Crippen LogP contribution in [0.15, 0.2) is 0 Å². The van der Waals surface area contributed by atoms with Crippen molar-refractivity contribution in [1.82, 2.24) is 10.2 Å². The summed E-state index contributed by atoms with van der Waals surface area (Å²) in [5.41, 5.74) is 0. The van der Waals surface area contributed by atoms with E-state index in [1.807, 2.05) is 11.8 Å². The molecule has 16 heavy (non-hydrogen) atoms. The van der Waals surface area contributed by atoms with Crippen LogP contribution >= 0.6 is 11.8 Å². The molecule has 94 valence electrons. The van der Waals surface area contributed by atoms with Gasteiger partial charge in [0.2, 0.25) is 0 Å². The predicted octanol–water partition coefficient (Wildman–Crippen LogP) is 2.20. The van der Waals surface area contributed by atoms with Gasteiger partial charge >= 0.3 is 0 Å². The fourth-order valence-electron chi connectivity index (χ4n) is 2.62. The minimum absolute atomic E-state index is 0.808. The Hall–Kier alpha value is 0.270. The molecule has 3 heteroatoms. The molecule has 2 fully saturated rings. The van der Waals surface area contributed by atoms with Crippen molar-refractivity contribution in [2.45, 2.75) is 38.1 Å². The number of thioether (sulfide) groups is 1. The lowest BCUT2D eigenvalue weighted by molar-refractivity contribution is 0.255. The summed E-state index contributed by atoms with van der Waals surface area (Å²) in [6.45, 7) is 5.19. The van der Waals surface area contributed by atoms with E-state index in [2.05, 4.69) is 16.5 Å². The molecule has 1 N–H and O–H groups in total. The van der Waals surface area contributed by atoms with Crippen molar-refractivity contribution < 1.29 is 0 Å². The Morgan fingerprint density at radius 1 is 1.31 bits per heavy atom. The first-order chi connectivity index (χ1) is 7.90. The predicted molar refractivity (Wildman–Crippen MR) is 73.2 cm³/mol. The highest BCUT2D eigenvalue weighted by Crippen LogP contribution is 2.33. The van der Waals surface area contributed by atoms with Gasteiger partial charge in [0.05, 0.1) is 0 Å². The maximum Gasteiger partial charge on any atom is 0.0223 e. The molecule has 0 aromatic heterocycles. The molecule has 2 nitrogen and oxygen atoms in total. The van der Waals surface area contributed by atoms with Crippen LogP contribution in [0.5, 0.6) is 0 Å². The Morgan fingerprint density at radius 3 is 2.94 bits per heavy atom. The van der Waals surface area contributed by atoms with Crippen molar-refractivity contribution >= 4 is 11.8 Å². The van der Waals surface area contributed by atoms with Gasteiger partial charge in [0.25, 0.3) is 0 Å². The van der Waals surface area contributed by atoms with Crippen molar-refractivity contribution in [2.75, 3.05) is 38.2 Å². The van der Waals surface area contributed by atoms with Gasteiger partial charge in [-0.1, -0.05) is 0 Å². The normalized spacial score (nSPS) is 27.9. The molecule has 1 aliphatic carbocycles. The first-order valence-corrected chi connectivity index (χ1v) is 8.24. The highest BCUT2D eigenvalue weighted by atomic mass is 32.2. The molecule has 0 spiro atoms. The van der Waals surface area contributed by atoms with E-state index in [1.54, 1.807) is 0 Å². The second kappa shape index (κ2) is 6.87. The van der Waals surface area contributed by atoms with E-state index in [4.69, 9.17) is 0 Å². The standard InChI is InChI=1S/C13H26N2S/c1-16-10-3-2-8-15-9-4-7-14-13(11-15)12-5-6-12/h12-14H,2-11H2,1H3. The van der Waals surface area contributed by atoms with Crippen LogP contribution < -0.4 is 5.32 Å². The lowest BCUT2D eigenvalue weighted by Gasteiger charge is -2.24. The molecular weight excluding hydrogens is 216 g/mol. The van der Waals surface area contributed by atoms with E-state index >= 15 is 0 Å². The maximum absolute atomic E-state index is 3.73. The van der Waals surface area contributed by atoms with Crippen molar-refractivity contribution in [3.63, 3.8) is 0 Å². The van der Waals surface area contributed by atoms with E-state index in [-0.39, 0.29) is 0 Å². The molecular formula is C13H26N2S.